The molecule has 10 heteroatoms. The molecule has 0 saturated carbocycles. The summed E-state index contributed by atoms with van der Waals surface area (Å²) in [4.78, 5) is 15.3. The van der Waals surface area contributed by atoms with Crippen molar-refractivity contribution in [2.75, 3.05) is 44.1 Å². The average Bonchev–Trinajstić information content (AvgIpc) is 3.32. The molecule has 0 atom stereocenters. The van der Waals surface area contributed by atoms with Crippen LogP contribution < -0.4 is 14.8 Å². The highest BCUT2D eigenvalue weighted by Gasteiger charge is 2.21. The van der Waals surface area contributed by atoms with Gasteiger partial charge in [0.05, 0.1) is 18.1 Å². The molecule has 0 radical (unpaired) electrons. The van der Waals surface area contributed by atoms with Gasteiger partial charge in [-0.1, -0.05) is 74.6 Å². The molecule has 1 aliphatic rings. The van der Waals surface area contributed by atoms with E-state index in [-0.39, 0.29) is 10.3 Å². The Morgan fingerprint density at radius 3 is 2.40 bits per heavy atom. The molecule has 0 unspecified atom stereocenters. The first-order valence-electron chi connectivity index (χ1n) is 14.1. The zero-order valence-electron chi connectivity index (χ0n) is 24.2. The summed E-state index contributed by atoms with van der Waals surface area (Å²) in [5.74, 6) is 0. The molecule has 0 spiro atoms. The topological polar surface area (TPSA) is 97.0 Å². The van der Waals surface area contributed by atoms with Gasteiger partial charge in [0.2, 0.25) is 0 Å². The molecule has 0 bridgehead atoms. The fourth-order valence-electron chi connectivity index (χ4n) is 4.88. The van der Waals surface area contributed by atoms with E-state index in [9.17, 15) is 13.2 Å². The average molecular weight is 608 g/mol. The van der Waals surface area contributed by atoms with E-state index in [2.05, 4.69) is 35.7 Å². The molecule has 5 rings (SSSR count). The Hall–Kier alpha value is -3.44. The summed E-state index contributed by atoms with van der Waals surface area (Å²) in [6.45, 7) is 11.0. The molecule has 42 heavy (non-hydrogen) atoms. The largest absolute Gasteiger partial charge is 0.413 e. The highest BCUT2D eigenvalue weighted by molar-refractivity contribution is 7.92. The van der Waals surface area contributed by atoms with Gasteiger partial charge in [-0.05, 0) is 59.8 Å². The van der Waals surface area contributed by atoms with Crippen LogP contribution in [-0.4, -0.2) is 58.8 Å². The summed E-state index contributed by atoms with van der Waals surface area (Å²) in [6, 6.07) is 22.0. The lowest BCUT2D eigenvalue weighted by molar-refractivity contribution is 0.0375. The van der Waals surface area contributed by atoms with Gasteiger partial charge in [-0.2, -0.15) is 0 Å². The summed E-state index contributed by atoms with van der Waals surface area (Å²) in [5, 5.41) is 4.12. The van der Waals surface area contributed by atoms with Crippen molar-refractivity contribution < 1.29 is 22.7 Å². The maximum absolute atomic E-state index is 13.2. The standard InChI is InChI=1S/C32H37N3O5S2/c1-32(2,3)24-10-13-26(14-11-24)42(37,38)34-25-12-15-28-27(22-25)29(23-8-5-4-6-9-23)30(41-28)40-31(36)33-16-7-17-35-18-20-39-21-19-35/h4-6,8-15,22,34H,7,16-21H2,1-3H3,(H,33,36). The van der Waals surface area contributed by atoms with E-state index in [1.165, 1.54) is 11.3 Å². The van der Waals surface area contributed by atoms with E-state index in [1.54, 1.807) is 24.3 Å². The van der Waals surface area contributed by atoms with Gasteiger partial charge < -0.3 is 14.8 Å². The third-order valence-corrected chi connectivity index (χ3v) is 9.66. The van der Waals surface area contributed by atoms with Crippen molar-refractivity contribution in [2.45, 2.75) is 37.5 Å². The molecule has 222 valence electrons. The minimum absolute atomic E-state index is 0.0763. The predicted molar refractivity (Wildman–Crippen MR) is 169 cm³/mol. The van der Waals surface area contributed by atoms with Crippen molar-refractivity contribution in [2.24, 2.45) is 0 Å². The third-order valence-electron chi connectivity index (χ3n) is 7.21. The number of rotatable bonds is 9. The number of fused-ring (bicyclic) bond motifs is 1. The number of carbonyl (C=O) groups is 1. The fraction of sp³-hybridized carbons (Fsp3) is 0.344. The number of hydrogen-bond acceptors (Lipinski definition) is 7. The number of anilines is 1. The Kier molecular flexibility index (Phi) is 9.17. The maximum atomic E-state index is 13.2. The lowest BCUT2D eigenvalue weighted by Crippen LogP contribution is -2.38. The lowest BCUT2D eigenvalue weighted by atomic mass is 9.87. The first-order chi connectivity index (χ1) is 20.1. The number of thiophene rings is 1. The van der Waals surface area contributed by atoms with E-state index in [4.69, 9.17) is 9.47 Å². The molecule has 4 aromatic rings. The molecule has 1 aliphatic heterocycles. The molecule has 0 aliphatic carbocycles. The van der Waals surface area contributed by atoms with Gasteiger partial charge in [0.15, 0.2) is 5.06 Å². The van der Waals surface area contributed by atoms with Gasteiger partial charge in [0, 0.05) is 41.0 Å². The molecule has 2 N–H and O–H groups in total. The molecule has 1 saturated heterocycles. The number of amides is 1. The van der Waals surface area contributed by atoms with Gasteiger partial charge >= 0.3 is 6.09 Å². The van der Waals surface area contributed by atoms with Crippen molar-refractivity contribution in [1.29, 1.82) is 0 Å². The van der Waals surface area contributed by atoms with E-state index in [0.29, 0.717) is 17.3 Å². The summed E-state index contributed by atoms with van der Waals surface area (Å²) < 4.78 is 41.3. The van der Waals surface area contributed by atoms with Gasteiger partial charge in [-0.25, -0.2) is 13.2 Å². The highest BCUT2D eigenvalue weighted by atomic mass is 32.2. The van der Waals surface area contributed by atoms with Crippen LogP contribution in [0.2, 0.25) is 0 Å². The van der Waals surface area contributed by atoms with E-state index in [1.807, 2.05) is 48.5 Å². The second-order valence-electron chi connectivity index (χ2n) is 11.3. The van der Waals surface area contributed by atoms with Crippen LogP contribution in [-0.2, 0) is 20.2 Å². The number of nitrogens with one attached hydrogen (secondary N) is 2. The Morgan fingerprint density at radius 1 is 1.00 bits per heavy atom. The molecule has 3 aromatic carbocycles. The molecule has 8 nitrogen and oxygen atoms in total. The van der Waals surface area contributed by atoms with E-state index in [0.717, 1.165) is 66.0 Å². The van der Waals surface area contributed by atoms with Crippen LogP contribution in [0.4, 0.5) is 10.5 Å². The molecule has 1 amide bonds. The summed E-state index contributed by atoms with van der Waals surface area (Å²) in [6.07, 6.45) is 0.301. The summed E-state index contributed by atoms with van der Waals surface area (Å²) in [5.41, 5.74) is 3.03. The monoisotopic (exact) mass is 607 g/mol. The van der Waals surface area contributed by atoms with Crippen LogP contribution in [0, 0.1) is 0 Å². The van der Waals surface area contributed by atoms with Crippen LogP contribution >= 0.6 is 11.3 Å². The highest BCUT2D eigenvalue weighted by Crippen LogP contribution is 2.45. The smallest absolute Gasteiger partial charge is 0.399 e. The molecular weight excluding hydrogens is 571 g/mol. The van der Waals surface area contributed by atoms with Crippen molar-refractivity contribution in [3.63, 3.8) is 0 Å². The van der Waals surface area contributed by atoms with Crippen LogP contribution in [0.25, 0.3) is 21.2 Å². The van der Waals surface area contributed by atoms with Gasteiger partial charge in [-0.15, -0.1) is 0 Å². The Bertz CT molecular complexity index is 1620. The van der Waals surface area contributed by atoms with Crippen molar-refractivity contribution in [1.82, 2.24) is 10.2 Å². The first kappa shape index (κ1) is 30.0. The molecular formula is C32H37N3O5S2. The minimum Gasteiger partial charge on any atom is -0.399 e. The lowest BCUT2D eigenvalue weighted by Gasteiger charge is -2.26. The normalized spacial score (nSPS) is 14.5. The number of carbonyl (C=O) groups excluding carboxylic acids is 1. The second-order valence-corrected chi connectivity index (χ2v) is 14.0. The van der Waals surface area contributed by atoms with Crippen molar-refractivity contribution in [3.05, 3.63) is 78.4 Å². The number of morpholine rings is 1. The van der Waals surface area contributed by atoms with Crippen LogP contribution in [0.3, 0.4) is 0 Å². The quantitative estimate of drug-likeness (QED) is 0.212. The van der Waals surface area contributed by atoms with E-state index >= 15 is 0 Å². The number of sulfonamides is 1. The van der Waals surface area contributed by atoms with Crippen LogP contribution in [0.15, 0.2) is 77.7 Å². The molecule has 1 fully saturated rings. The van der Waals surface area contributed by atoms with Crippen molar-refractivity contribution >= 4 is 43.2 Å². The van der Waals surface area contributed by atoms with Crippen LogP contribution in [0.1, 0.15) is 32.8 Å². The molecule has 2 heterocycles. The van der Waals surface area contributed by atoms with Gasteiger partial charge in [0.1, 0.15) is 0 Å². The Balaban J connectivity index is 1.35. The SMILES string of the molecule is CC(C)(C)c1ccc(S(=O)(=O)Nc2ccc3sc(OC(=O)NCCCN4CCOCC4)c(-c4ccccc4)c3c2)cc1. The first-order valence-corrected chi connectivity index (χ1v) is 16.4. The zero-order valence-corrected chi connectivity index (χ0v) is 25.8. The summed E-state index contributed by atoms with van der Waals surface area (Å²) in [7, 11) is -3.81. The summed E-state index contributed by atoms with van der Waals surface area (Å²) >= 11 is 1.35. The Labute approximate surface area is 251 Å². The zero-order chi connectivity index (χ0) is 29.7. The predicted octanol–water partition coefficient (Wildman–Crippen LogP) is 6.48. The fourth-order valence-corrected chi connectivity index (χ4v) is 6.98. The van der Waals surface area contributed by atoms with Gasteiger partial charge in [0.25, 0.3) is 10.0 Å². The third kappa shape index (κ3) is 7.30. The minimum atomic E-state index is -3.81. The number of benzene rings is 3. The number of nitrogens with zero attached hydrogens (tertiary/aromatic N) is 1. The number of ether oxygens (including phenoxy) is 2. The van der Waals surface area contributed by atoms with Gasteiger partial charge in [-0.3, -0.25) is 9.62 Å². The second kappa shape index (κ2) is 12.8. The van der Waals surface area contributed by atoms with E-state index < -0.39 is 16.1 Å². The van der Waals surface area contributed by atoms with Crippen LogP contribution in [0.5, 0.6) is 5.06 Å². The number of hydrogen-bond donors (Lipinski definition) is 2. The maximum Gasteiger partial charge on any atom is 0.413 e. The van der Waals surface area contributed by atoms with Crippen molar-refractivity contribution in [3.8, 4) is 16.2 Å². The molecule has 1 aromatic heterocycles. The Morgan fingerprint density at radius 2 is 1.71 bits per heavy atom.